The molecule has 1 aliphatic rings. The highest BCUT2D eigenvalue weighted by Gasteiger charge is 2.29. The van der Waals surface area contributed by atoms with Crippen LogP contribution in [-0.2, 0) is 11.2 Å². The summed E-state index contributed by atoms with van der Waals surface area (Å²) in [5.41, 5.74) is 2.90. The Bertz CT molecular complexity index is 824. The van der Waals surface area contributed by atoms with Gasteiger partial charge in [-0.2, -0.15) is 4.39 Å². The van der Waals surface area contributed by atoms with Gasteiger partial charge in [0.15, 0.2) is 11.6 Å². The summed E-state index contributed by atoms with van der Waals surface area (Å²) in [6.45, 7) is 3.74. The highest BCUT2D eigenvalue weighted by atomic mass is 19.2. The molecule has 0 amide bonds. The second kappa shape index (κ2) is 8.99. The number of ether oxygens (including phenoxy) is 2. The molecule has 152 valence electrons. The molecule has 1 heterocycles. The molecular formula is C22H26F2O4. The summed E-state index contributed by atoms with van der Waals surface area (Å²) in [4.78, 5) is 0. The minimum atomic E-state index is -0.974. The van der Waals surface area contributed by atoms with Gasteiger partial charge in [-0.1, -0.05) is 24.3 Å². The zero-order valence-electron chi connectivity index (χ0n) is 16.1. The largest absolute Gasteiger partial charge is 0.491 e. The summed E-state index contributed by atoms with van der Waals surface area (Å²) < 4.78 is 39.6. The lowest BCUT2D eigenvalue weighted by Crippen LogP contribution is -2.33. The molecule has 3 atom stereocenters. The molecule has 0 aromatic heterocycles. The first kappa shape index (κ1) is 20.7. The molecule has 0 radical (unpaired) electrons. The maximum Gasteiger partial charge on any atom is 0.200 e. The second-order valence-corrected chi connectivity index (χ2v) is 7.20. The first-order valence-electron chi connectivity index (χ1n) is 9.56. The van der Waals surface area contributed by atoms with Gasteiger partial charge < -0.3 is 19.7 Å². The summed E-state index contributed by atoms with van der Waals surface area (Å²) in [5.74, 6) is -1.97. The SMILES string of the molecule is CCOc1ccc(Cc2cc([C@H]3C[C@@H](O)C[C@@H](CO)O3)ccc2C)c(F)c1F. The van der Waals surface area contributed by atoms with Gasteiger partial charge in [-0.15, -0.1) is 0 Å². The van der Waals surface area contributed by atoms with Crippen molar-refractivity contribution in [2.45, 2.75) is 51.4 Å². The monoisotopic (exact) mass is 392 g/mol. The molecule has 1 saturated heterocycles. The van der Waals surface area contributed by atoms with Crippen LogP contribution in [-0.4, -0.2) is 35.6 Å². The molecule has 0 aliphatic carbocycles. The molecule has 2 aromatic rings. The summed E-state index contributed by atoms with van der Waals surface area (Å²) >= 11 is 0. The van der Waals surface area contributed by atoms with Crippen molar-refractivity contribution in [2.75, 3.05) is 13.2 Å². The molecular weight excluding hydrogens is 366 g/mol. The Morgan fingerprint density at radius 1 is 1.11 bits per heavy atom. The van der Waals surface area contributed by atoms with Crippen molar-refractivity contribution >= 4 is 0 Å². The second-order valence-electron chi connectivity index (χ2n) is 7.20. The van der Waals surface area contributed by atoms with E-state index in [1.165, 1.54) is 12.1 Å². The van der Waals surface area contributed by atoms with Gasteiger partial charge in [0.1, 0.15) is 0 Å². The van der Waals surface area contributed by atoms with Crippen molar-refractivity contribution in [2.24, 2.45) is 0 Å². The van der Waals surface area contributed by atoms with Gasteiger partial charge in [0, 0.05) is 19.3 Å². The Hall–Kier alpha value is -2.02. The number of hydrogen-bond acceptors (Lipinski definition) is 4. The smallest absolute Gasteiger partial charge is 0.200 e. The van der Waals surface area contributed by atoms with Gasteiger partial charge in [0.25, 0.3) is 0 Å². The molecule has 28 heavy (non-hydrogen) atoms. The topological polar surface area (TPSA) is 58.9 Å². The molecule has 2 aromatic carbocycles. The quantitative estimate of drug-likeness (QED) is 0.784. The molecule has 6 heteroatoms. The van der Waals surface area contributed by atoms with E-state index in [9.17, 15) is 19.0 Å². The van der Waals surface area contributed by atoms with Crippen LogP contribution in [0.15, 0.2) is 30.3 Å². The normalized spacial score (nSPS) is 22.3. The van der Waals surface area contributed by atoms with Gasteiger partial charge in [0.05, 0.1) is 31.5 Å². The van der Waals surface area contributed by atoms with Crippen molar-refractivity contribution in [1.82, 2.24) is 0 Å². The minimum absolute atomic E-state index is 0.0890. The van der Waals surface area contributed by atoms with Crippen LogP contribution in [0.1, 0.15) is 48.1 Å². The summed E-state index contributed by atoms with van der Waals surface area (Å²) in [5, 5.41) is 19.4. The molecule has 1 aliphatic heterocycles. The lowest BCUT2D eigenvalue weighted by Gasteiger charge is -2.32. The molecule has 1 fully saturated rings. The van der Waals surface area contributed by atoms with E-state index in [0.29, 0.717) is 12.8 Å². The van der Waals surface area contributed by atoms with Crippen LogP contribution in [0.3, 0.4) is 0 Å². The molecule has 0 saturated carbocycles. The first-order chi connectivity index (χ1) is 13.4. The maximum absolute atomic E-state index is 14.5. The molecule has 0 spiro atoms. The number of aryl methyl sites for hydroxylation is 1. The standard InChI is InChI=1S/C22H26F2O4/c1-3-27-19-7-6-15(21(23)22(19)24)9-16-8-14(5-4-13(16)2)20-11-17(26)10-18(12-25)28-20/h4-8,17-18,20,25-26H,3,9-12H2,1-2H3/t17-,18-,20+/m0/s1. The van der Waals surface area contributed by atoms with Crippen LogP contribution < -0.4 is 4.74 Å². The predicted octanol–water partition coefficient (Wildman–Crippen LogP) is 3.84. The van der Waals surface area contributed by atoms with Crippen LogP contribution in [0.4, 0.5) is 8.78 Å². The number of aliphatic hydroxyl groups is 2. The van der Waals surface area contributed by atoms with Gasteiger partial charge in [-0.05, 0) is 42.2 Å². The lowest BCUT2D eigenvalue weighted by molar-refractivity contribution is -0.113. The molecule has 2 N–H and O–H groups in total. The fourth-order valence-corrected chi connectivity index (χ4v) is 3.58. The van der Waals surface area contributed by atoms with Crippen LogP contribution in [0, 0.1) is 18.6 Å². The van der Waals surface area contributed by atoms with E-state index in [1.807, 2.05) is 25.1 Å². The number of benzene rings is 2. The summed E-state index contributed by atoms with van der Waals surface area (Å²) in [7, 11) is 0. The van der Waals surface area contributed by atoms with Crippen molar-refractivity contribution in [3.8, 4) is 5.75 Å². The van der Waals surface area contributed by atoms with E-state index >= 15 is 0 Å². The Morgan fingerprint density at radius 3 is 2.61 bits per heavy atom. The van der Waals surface area contributed by atoms with E-state index < -0.39 is 23.8 Å². The number of aliphatic hydroxyl groups excluding tert-OH is 2. The fraction of sp³-hybridized carbons (Fsp3) is 0.455. The summed E-state index contributed by atoms with van der Waals surface area (Å²) in [6, 6.07) is 8.71. The Morgan fingerprint density at radius 2 is 1.89 bits per heavy atom. The molecule has 3 rings (SSSR count). The maximum atomic E-state index is 14.5. The van der Waals surface area contributed by atoms with Crippen LogP contribution in [0.25, 0.3) is 0 Å². The number of halogens is 2. The van der Waals surface area contributed by atoms with Crippen LogP contribution in [0.2, 0.25) is 0 Å². The highest BCUT2D eigenvalue weighted by Crippen LogP contribution is 2.33. The Labute approximate surface area is 163 Å². The average Bonchev–Trinajstić information content (AvgIpc) is 2.68. The third-order valence-electron chi connectivity index (χ3n) is 5.13. The molecule has 0 bridgehead atoms. The number of hydrogen-bond donors (Lipinski definition) is 2. The van der Waals surface area contributed by atoms with Gasteiger partial charge in [-0.25, -0.2) is 4.39 Å². The Balaban J connectivity index is 1.85. The zero-order valence-corrected chi connectivity index (χ0v) is 16.1. The predicted molar refractivity (Wildman–Crippen MR) is 101 cm³/mol. The van der Waals surface area contributed by atoms with Crippen molar-refractivity contribution in [1.29, 1.82) is 0 Å². The van der Waals surface area contributed by atoms with E-state index in [4.69, 9.17) is 9.47 Å². The van der Waals surface area contributed by atoms with Crippen molar-refractivity contribution in [3.05, 3.63) is 64.2 Å². The van der Waals surface area contributed by atoms with Gasteiger partial charge in [-0.3, -0.25) is 0 Å². The van der Waals surface area contributed by atoms with Crippen LogP contribution >= 0.6 is 0 Å². The third-order valence-corrected chi connectivity index (χ3v) is 5.13. The summed E-state index contributed by atoms with van der Waals surface area (Å²) in [6.07, 6.45) is -0.224. The first-order valence-corrected chi connectivity index (χ1v) is 9.56. The van der Waals surface area contributed by atoms with E-state index in [-0.39, 0.29) is 37.1 Å². The Kier molecular flexibility index (Phi) is 6.65. The van der Waals surface area contributed by atoms with Crippen molar-refractivity contribution < 1.29 is 28.5 Å². The highest BCUT2D eigenvalue weighted by molar-refractivity contribution is 5.39. The average molecular weight is 392 g/mol. The molecule has 4 nitrogen and oxygen atoms in total. The zero-order chi connectivity index (χ0) is 20.3. The minimum Gasteiger partial charge on any atom is -0.491 e. The fourth-order valence-electron chi connectivity index (χ4n) is 3.58. The van der Waals surface area contributed by atoms with E-state index in [0.717, 1.165) is 16.7 Å². The third kappa shape index (κ3) is 4.51. The number of rotatable bonds is 6. The lowest BCUT2D eigenvalue weighted by atomic mass is 9.92. The molecule has 0 unspecified atom stereocenters. The van der Waals surface area contributed by atoms with E-state index in [1.54, 1.807) is 6.92 Å². The van der Waals surface area contributed by atoms with Crippen molar-refractivity contribution in [3.63, 3.8) is 0 Å². The van der Waals surface area contributed by atoms with Crippen LogP contribution in [0.5, 0.6) is 5.75 Å². The van der Waals surface area contributed by atoms with E-state index in [2.05, 4.69) is 0 Å². The van der Waals surface area contributed by atoms with Gasteiger partial charge in [0.2, 0.25) is 5.82 Å². The van der Waals surface area contributed by atoms with Gasteiger partial charge >= 0.3 is 0 Å².